The van der Waals surface area contributed by atoms with Gasteiger partial charge in [0.25, 0.3) is 0 Å². The quantitative estimate of drug-likeness (QED) is 0.389. The average molecular weight is 192 g/mol. The minimum Gasteiger partial charge on any atom is -0.420 e. The van der Waals surface area contributed by atoms with Crippen molar-refractivity contribution >= 4 is 21.6 Å². The molecular weight excluding hydrogens is 179 g/mol. The molecule has 0 spiro atoms. The third-order valence-electron chi connectivity index (χ3n) is 1.60. The molecule has 0 aliphatic carbocycles. The smallest absolute Gasteiger partial charge is 0.420 e. The predicted molar refractivity (Wildman–Crippen MR) is 46.4 cm³/mol. The Bertz CT molecular complexity index is 165. The lowest BCUT2D eigenvalue weighted by atomic mass is 10.0. The lowest BCUT2D eigenvalue weighted by Gasteiger charge is -2.08. The summed E-state index contributed by atoms with van der Waals surface area (Å²) in [5.41, 5.74) is 0. The van der Waals surface area contributed by atoms with Crippen molar-refractivity contribution in [3.8, 4) is 0 Å². The molecule has 70 valence electrons. The Kier molecular flexibility index (Phi) is 5.64. The van der Waals surface area contributed by atoms with Gasteiger partial charge in [-0.25, -0.2) is 4.79 Å². The van der Waals surface area contributed by atoms with E-state index in [0.29, 0.717) is 12.8 Å². The average Bonchev–Trinajstić information content (AvgIpc) is 2.06. The monoisotopic (exact) mass is 192 g/mol. The highest BCUT2D eigenvalue weighted by Crippen LogP contribution is 2.10. The van der Waals surface area contributed by atoms with E-state index in [2.05, 4.69) is 9.26 Å². The van der Waals surface area contributed by atoms with E-state index in [0.717, 1.165) is 0 Å². The fourth-order valence-electron chi connectivity index (χ4n) is 0.812. The lowest BCUT2D eigenvalue weighted by molar-refractivity contribution is -0.143. The first-order chi connectivity index (χ1) is 5.65. The molecule has 0 saturated carbocycles. The Morgan fingerprint density at radius 2 is 1.83 bits per heavy atom. The number of rotatable bonds is 3. The molecule has 12 heavy (non-hydrogen) atoms. The second-order valence-electron chi connectivity index (χ2n) is 2.30. The van der Waals surface area contributed by atoms with Crippen molar-refractivity contribution in [1.82, 2.24) is 0 Å². The van der Waals surface area contributed by atoms with E-state index < -0.39 is 12.1 Å². The summed E-state index contributed by atoms with van der Waals surface area (Å²) in [6.07, 6.45) is 0.357. The van der Waals surface area contributed by atoms with Gasteiger partial charge in [-0.05, 0) is 12.8 Å². The minimum atomic E-state index is -0.975. The van der Waals surface area contributed by atoms with Crippen LogP contribution < -0.4 is 0 Å². The summed E-state index contributed by atoms with van der Waals surface area (Å²) >= 11 is 0. The first-order valence-corrected chi connectivity index (χ1v) is 4.25. The molecule has 0 rings (SSSR count). The van der Waals surface area contributed by atoms with Crippen molar-refractivity contribution in [3.05, 3.63) is 0 Å². The number of esters is 1. The molecule has 0 aliphatic rings. The van der Waals surface area contributed by atoms with Crippen molar-refractivity contribution in [2.45, 2.75) is 26.7 Å². The molecule has 1 atom stereocenters. The van der Waals surface area contributed by atoms with Crippen LogP contribution in [0.1, 0.15) is 26.7 Å². The SMILES string of the molecule is CCC(CC)C(=O)OC(=O)OP. The Hall–Kier alpha value is -0.630. The van der Waals surface area contributed by atoms with Crippen LogP contribution in [0.3, 0.4) is 0 Å². The maximum Gasteiger partial charge on any atom is 0.518 e. The van der Waals surface area contributed by atoms with E-state index in [-0.39, 0.29) is 5.92 Å². The van der Waals surface area contributed by atoms with Crippen molar-refractivity contribution in [1.29, 1.82) is 0 Å². The summed E-state index contributed by atoms with van der Waals surface area (Å²) in [5, 5.41) is 0. The van der Waals surface area contributed by atoms with Crippen LogP contribution in [0.25, 0.3) is 0 Å². The van der Waals surface area contributed by atoms with Gasteiger partial charge >= 0.3 is 12.1 Å². The van der Waals surface area contributed by atoms with E-state index in [4.69, 9.17) is 0 Å². The van der Waals surface area contributed by atoms with E-state index in [1.54, 1.807) is 9.47 Å². The summed E-state index contributed by atoms with van der Waals surface area (Å²) in [7, 11) is 1.72. The van der Waals surface area contributed by atoms with Crippen LogP contribution in [-0.4, -0.2) is 12.1 Å². The zero-order chi connectivity index (χ0) is 9.56. The Balaban J connectivity index is 3.92. The topological polar surface area (TPSA) is 52.6 Å². The third kappa shape index (κ3) is 3.67. The molecule has 1 unspecified atom stereocenters. The number of hydrogen-bond acceptors (Lipinski definition) is 4. The molecule has 0 aromatic carbocycles. The fourth-order valence-corrected chi connectivity index (χ4v) is 0.860. The van der Waals surface area contributed by atoms with Gasteiger partial charge in [-0.15, -0.1) is 0 Å². The van der Waals surface area contributed by atoms with Gasteiger partial charge in [0.15, 0.2) is 0 Å². The summed E-state index contributed by atoms with van der Waals surface area (Å²) < 4.78 is 8.42. The summed E-state index contributed by atoms with van der Waals surface area (Å²) in [6, 6.07) is 0. The maximum absolute atomic E-state index is 11.0. The van der Waals surface area contributed by atoms with E-state index in [9.17, 15) is 9.59 Å². The Morgan fingerprint density at radius 1 is 1.33 bits per heavy atom. The fraction of sp³-hybridized carbons (Fsp3) is 0.714. The van der Waals surface area contributed by atoms with Crippen LogP contribution >= 0.6 is 9.47 Å². The maximum atomic E-state index is 11.0. The van der Waals surface area contributed by atoms with Crippen molar-refractivity contribution in [2.24, 2.45) is 5.92 Å². The zero-order valence-corrected chi connectivity index (χ0v) is 8.36. The first kappa shape index (κ1) is 11.4. The summed E-state index contributed by atoms with van der Waals surface area (Å²) in [6.45, 7) is 3.73. The molecule has 0 heterocycles. The number of carbonyl (C=O) groups excluding carboxylic acids is 2. The molecule has 0 fully saturated rings. The highest BCUT2D eigenvalue weighted by Gasteiger charge is 2.19. The molecule has 0 aromatic rings. The van der Waals surface area contributed by atoms with E-state index in [1.165, 1.54) is 0 Å². The van der Waals surface area contributed by atoms with Crippen LogP contribution in [0.5, 0.6) is 0 Å². The van der Waals surface area contributed by atoms with Crippen molar-refractivity contribution in [2.75, 3.05) is 0 Å². The minimum absolute atomic E-state index is 0.214. The van der Waals surface area contributed by atoms with Gasteiger partial charge in [0.1, 0.15) is 0 Å². The number of ether oxygens (including phenoxy) is 1. The van der Waals surface area contributed by atoms with Gasteiger partial charge in [-0.1, -0.05) is 13.8 Å². The molecule has 0 N–H and O–H groups in total. The molecule has 0 amide bonds. The third-order valence-corrected chi connectivity index (χ3v) is 1.79. The van der Waals surface area contributed by atoms with Crippen molar-refractivity contribution in [3.63, 3.8) is 0 Å². The molecule has 0 aromatic heterocycles. The number of hydrogen-bond donors (Lipinski definition) is 0. The van der Waals surface area contributed by atoms with Crippen LogP contribution in [0.15, 0.2) is 0 Å². The largest absolute Gasteiger partial charge is 0.518 e. The molecular formula is C7H13O4P. The molecule has 0 aliphatic heterocycles. The molecule has 4 nitrogen and oxygen atoms in total. The lowest BCUT2D eigenvalue weighted by Crippen LogP contribution is -2.19. The van der Waals surface area contributed by atoms with Crippen LogP contribution in [0, 0.1) is 5.92 Å². The van der Waals surface area contributed by atoms with Gasteiger partial charge in [0, 0.05) is 0 Å². The van der Waals surface area contributed by atoms with Gasteiger partial charge in [-0.2, -0.15) is 0 Å². The molecule has 5 heteroatoms. The molecule has 0 saturated heterocycles. The second kappa shape index (κ2) is 5.95. The Labute approximate surface area is 73.9 Å². The normalized spacial score (nSPS) is 9.67. The van der Waals surface area contributed by atoms with Gasteiger partial charge in [0.05, 0.1) is 15.4 Å². The number of carbonyl (C=O) groups is 2. The van der Waals surface area contributed by atoms with Gasteiger partial charge < -0.3 is 9.26 Å². The zero-order valence-electron chi connectivity index (χ0n) is 7.20. The highest BCUT2D eigenvalue weighted by molar-refractivity contribution is 7.10. The van der Waals surface area contributed by atoms with E-state index in [1.807, 2.05) is 13.8 Å². The van der Waals surface area contributed by atoms with Crippen LogP contribution in [0.4, 0.5) is 4.79 Å². The predicted octanol–water partition coefficient (Wildman–Crippen LogP) is 1.89. The van der Waals surface area contributed by atoms with E-state index >= 15 is 0 Å². The standard InChI is InChI=1S/C7H13O4P/c1-3-5(4-2)6(8)10-7(9)11-12/h5H,3-4,12H2,1-2H3. The highest BCUT2D eigenvalue weighted by atomic mass is 31.0. The summed E-state index contributed by atoms with van der Waals surface area (Å²) in [5.74, 6) is -0.735. The first-order valence-electron chi connectivity index (χ1n) is 3.78. The van der Waals surface area contributed by atoms with Crippen LogP contribution in [-0.2, 0) is 14.1 Å². The van der Waals surface area contributed by atoms with Crippen LogP contribution in [0.2, 0.25) is 0 Å². The Morgan fingerprint density at radius 3 is 2.17 bits per heavy atom. The van der Waals surface area contributed by atoms with Crippen molar-refractivity contribution < 1.29 is 18.8 Å². The van der Waals surface area contributed by atoms with Gasteiger partial charge in [0.2, 0.25) is 0 Å². The summed E-state index contributed by atoms with van der Waals surface area (Å²) in [4.78, 5) is 21.5. The van der Waals surface area contributed by atoms with Gasteiger partial charge in [-0.3, -0.25) is 4.79 Å². The second-order valence-corrected chi connectivity index (χ2v) is 2.54. The molecule has 0 bridgehead atoms. The molecule has 0 radical (unpaired) electrons.